The summed E-state index contributed by atoms with van der Waals surface area (Å²) < 4.78 is 36.8. The number of nitrogens with one attached hydrogen (secondary N) is 1. The average molecular weight is 259 g/mol. The van der Waals surface area contributed by atoms with Gasteiger partial charge >= 0.3 is 0 Å². The van der Waals surface area contributed by atoms with Crippen molar-refractivity contribution in [2.75, 3.05) is 12.8 Å². The molecule has 0 spiro atoms. The Morgan fingerprint density at radius 2 is 1.76 bits per heavy atom. The first-order valence-corrected chi connectivity index (χ1v) is 7.17. The van der Waals surface area contributed by atoms with Crippen molar-refractivity contribution in [2.45, 2.75) is 24.8 Å². The molecule has 5 heteroatoms. The fourth-order valence-corrected chi connectivity index (χ4v) is 3.35. The summed E-state index contributed by atoms with van der Waals surface area (Å²) in [5.74, 6) is -0.194. The first kappa shape index (κ1) is 14.1. The Morgan fingerprint density at radius 3 is 2.18 bits per heavy atom. The number of rotatable bonds is 5. The number of benzene rings is 1. The summed E-state index contributed by atoms with van der Waals surface area (Å²) in [4.78, 5) is 0.166. The Hall–Kier alpha value is -0.940. The molecule has 3 nitrogen and oxygen atoms in total. The van der Waals surface area contributed by atoms with Gasteiger partial charge in [0, 0.05) is 6.04 Å². The minimum absolute atomic E-state index is 0.0206. The molecular formula is C12H18FNO2S. The lowest BCUT2D eigenvalue weighted by molar-refractivity contribution is 0.455. The number of hydrogen-bond donors (Lipinski definition) is 1. The van der Waals surface area contributed by atoms with Crippen LogP contribution in [0.1, 0.15) is 13.8 Å². The maximum Gasteiger partial charge on any atom is 0.179 e. The van der Waals surface area contributed by atoms with Gasteiger partial charge in [-0.15, -0.1) is 0 Å². The molecule has 96 valence electrons. The van der Waals surface area contributed by atoms with Crippen molar-refractivity contribution in [3.8, 4) is 0 Å². The lowest BCUT2D eigenvalue weighted by Crippen LogP contribution is -2.37. The molecule has 1 atom stereocenters. The van der Waals surface area contributed by atoms with Gasteiger partial charge in [-0.25, -0.2) is 12.8 Å². The van der Waals surface area contributed by atoms with E-state index in [1.165, 1.54) is 12.1 Å². The molecule has 1 unspecified atom stereocenters. The standard InChI is InChI=1S/C12H18FNO2S/c1-9(2)12(14-3)8-17(15,16)11-6-4-10(13)5-7-11/h4-7,9,12,14H,8H2,1-3H3. The van der Waals surface area contributed by atoms with Crippen molar-refractivity contribution < 1.29 is 12.8 Å². The molecule has 0 saturated heterocycles. The molecule has 0 bridgehead atoms. The maximum absolute atomic E-state index is 12.7. The van der Waals surface area contributed by atoms with E-state index >= 15 is 0 Å². The second-order valence-electron chi connectivity index (χ2n) is 4.37. The summed E-state index contributed by atoms with van der Waals surface area (Å²) in [6, 6.07) is 4.83. The van der Waals surface area contributed by atoms with Gasteiger partial charge in [-0.05, 0) is 37.2 Å². The van der Waals surface area contributed by atoms with E-state index in [1.54, 1.807) is 7.05 Å². The van der Waals surface area contributed by atoms with Gasteiger partial charge in [0.2, 0.25) is 0 Å². The molecule has 0 heterocycles. The molecule has 0 aliphatic carbocycles. The first-order chi connectivity index (χ1) is 7.86. The zero-order chi connectivity index (χ0) is 13.1. The van der Waals surface area contributed by atoms with E-state index in [2.05, 4.69) is 5.32 Å². The zero-order valence-corrected chi connectivity index (χ0v) is 11.1. The molecule has 0 saturated carbocycles. The van der Waals surface area contributed by atoms with E-state index in [4.69, 9.17) is 0 Å². The van der Waals surface area contributed by atoms with Crippen molar-refractivity contribution in [3.63, 3.8) is 0 Å². The quantitative estimate of drug-likeness (QED) is 0.821. The molecule has 1 aromatic rings. The second kappa shape index (κ2) is 5.60. The lowest BCUT2D eigenvalue weighted by atomic mass is 10.1. The van der Waals surface area contributed by atoms with Gasteiger partial charge < -0.3 is 5.32 Å². The Kier molecular flexibility index (Phi) is 4.65. The van der Waals surface area contributed by atoms with Crippen LogP contribution < -0.4 is 5.32 Å². The van der Waals surface area contributed by atoms with Crippen molar-refractivity contribution in [3.05, 3.63) is 30.1 Å². The Labute approximate surface area is 102 Å². The Bertz CT molecular complexity index is 454. The van der Waals surface area contributed by atoms with E-state index in [0.29, 0.717) is 0 Å². The fourth-order valence-electron chi connectivity index (χ4n) is 1.58. The van der Waals surface area contributed by atoms with Gasteiger partial charge in [-0.1, -0.05) is 13.8 Å². The summed E-state index contributed by atoms with van der Waals surface area (Å²) in [5, 5.41) is 2.99. The fraction of sp³-hybridized carbons (Fsp3) is 0.500. The Morgan fingerprint density at radius 1 is 1.24 bits per heavy atom. The Balaban J connectivity index is 2.92. The highest BCUT2D eigenvalue weighted by Gasteiger charge is 2.22. The molecule has 0 aliphatic rings. The molecule has 0 fully saturated rings. The van der Waals surface area contributed by atoms with Crippen molar-refractivity contribution in [1.29, 1.82) is 0 Å². The highest BCUT2D eigenvalue weighted by Crippen LogP contribution is 2.15. The summed E-state index contributed by atoms with van der Waals surface area (Å²) in [6.07, 6.45) is 0. The van der Waals surface area contributed by atoms with Crippen LogP contribution in [0.5, 0.6) is 0 Å². The molecule has 0 aromatic heterocycles. The third-order valence-corrected chi connectivity index (χ3v) is 4.54. The van der Waals surface area contributed by atoms with Crippen LogP contribution in [0.15, 0.2) is 29.2 Å². The summed E-state index contributed by atoms with van der Waals surface area (Å²) in [5.41, 5.74) is 0. The van der Waals surface area contributed by atoms with Crippen LogP contribution in [0.2, 0.25) is 0 Å². The SMILES string of the molecule is CNC(CS(=O)(=O)c1ccc(F)cc1)C(C)C. The van der Waals surface area contributed by atoms with Crippen molar-refractivity contribution in [1.82, 2.24) is 5.32 Å². The van der Waals surface area contributed by atoms with Gasteiger partial charge in [-0.2, -0.15) is 0 Å². The van der Waals surface area contributed by atoms with Gasteiger partial charge in [0.05, 0.1) is 10.6 Å². The molecule has 0 amide bonds. The van der Waals surface area contributed by atoms with Crippen LogP contribution >= 0.6 is 0 Å². The van der Waals surface area contributed by atoms with Gasteiger partial charge in [0.1, 0.15) is 5.82 Å². The topological polar surface area (TPSA) is 46.2 Å². The molecule has 0 aliphatic heterocycles. The number of halogens is 1. The summed E-state index contributed by atoms with van der Waals surface area (Å²) >= 11 is 0. The highest BCUT2D eigenvalue weighted by atomic mass is 32.2. The predicted molar refractivity (Wildman–Crippen MR) is 66.1 cm³/mol. The largest absolute Gasteiger partial charge is 0.316 e. The van der Waals surface area contributed by atoms with Crippen LogP contribution in [-0.2, 0) is 9.84 Å². The van der Waals surface area contributed by atoms with E-state index in [1.807, 2.05) is 13.8 Å². The zero-order valence-electron chi connectivity index (χ0n) is 10.3. The molecular weight excluding hydrogens is 241 g/mol. The van der Waals surface area contributed by atoms with Crippen LogP contribution in [0.25, 0.3) is 0 Å². The summed E-state index contributed by atoms with van der Waals surface area (Å²) in [6.45, 7) is 3.92. The smallest absolute Gasteiger partial charge is 0.179 e. The first-order valence-electron chi connectivity index (χ1n) is 5.52. The van der Waals surface area contributed by atoms with E-state index < -0.39 is 15.7 Å². The van der Waals surface area contributed by atoms with Gasteiger partial charge in [-0.3, -0.25) is 0 Å². The third-order valence-electron chi connectivity index (χ3n) is 2.75. The minimum atomic E-state index is -3.36. The molecule has 1 rings (SSSR count). The van der Waals surface area contributed by atoms with Crippen molar-refractivity contribution >= 4 is 9.84 Å². The highest BCUT2D eigenvalue weighted by molar-refractivity contribution is 7.91. The normalized spacial score (nSPS) is 13.9. The van der Waals surface area contributed by atoms with Crippen LogP contribution in [0.4, 0.5) is 4.39 Å². The second-order valence-corrected chi connectivity index (χ2v) is 6.41. The van der Waals surface area contributed by atoms with E-state index in [0.717, 1.165) is 12.1 Å². The number of hydrogen-bond acceptors (Lipinski definition) is 3. The van der Waals surface area contributed by atoms with E-state index in [9.17, 15) is 12.8 Å². The van der Waals surface area contributed by atoms with E-state index in [-0.39, 0.29) is 22.6 Å². The van der Waals surface area contributed by atoms with Crippen LogP contribution in [-0.4, -0.2) is 27.3 Å². The van der Waals surface area contributed by atoms with Gasteiger partial charge in [0.25, 0.3) is 0 Å². The molecule has 1 aromatic carbocycles. The maximum atomic E-state index is 12.7. The average Bonchev–Trinajstić information content (AvgIpc) is 2.26. The lowest BCUT2D eigenvalue weighted by Gasteiger charge is -2.19. The number of sulfone groups is 1. The third kappa shape index (κ3) is 3.78. The monoisotopic (exact) mass is 259 g/mol. The van der Waals surface area contributed by atoms with Gasteiger partial charge in [0.15, 0.2) is 9.84 Å². The minimum Gasteiger partial charge on any atom is -0.316 e. The van der Waals surface area contributed by atoms with Crippen molar-refractivity contribution in [2.24, 2.45) is 5.92 Å². The van der Waals surface area contributed by atoms with Crippen LogP contribution in [0.3, 0.4) is 0 Å². The molecule has 1 N–H and O–H groups in total. The molecule has 0 radical (unpaired) electrons. The predicted octanol–water partition coefficient (Wildman–Crippen LogP) is 1.84. The summed E-state index contributed by atoms with van der Waals surface area (Å²) in [7, 11) is -1.62. The van der Waals surface area contributed by atoms with Crippen LogP contribution in [0, 0.1) is 11.7 Å². The molecule has 17 heavy (non-hydrogen) atoms.